The van der Waals surface area contributed by atoms with Gasteiger partial charge in [0.1, 0.15) is 12.1 Å². The normalized spacial score (nSPS) is 22.5. The Kier molecular flexibility index (Phi) is 6.22. The first kappa shape index (κ1) is 22.8. The molecule has 4 aromatic rings. The fourth-order valence-corrected chi connectivity index (χ4v) is 4.95. The zero-order valence-corrected chi connectivity index (χ0v) is 20.1. The first-order valence-electron chi connectivity index (χ1n) is 12.4. The van der Waals surface area contributed by atoms with E-state index in [0.717, 1.165) is 22.3 Å². The van der Waals surface area contributed by atoms with Gasteiger partial charge in [0.2, 0.25) is 11.8 Å². The zero-order chi connectivity index (χ0) is 25.0. The number of hydrogen-bond donors (Lipinski definition) is 0. The topological polar surface area (TPSA) is 67.0 Å². The maximum atomic E-state index is 10.3. The van der Waals surface area contributed by atoms with Crippen molar-refractivity contribution in [2.24, 2.45) is 15.9 Å². The highest BCUT2D eigenvalue weighted by Gasteiger charge is 2.43. The Morgan fingerprint density at radius 2 is 0.838 bits per heavy atom. The minimum absolute atomic E-state index is 0.272. The average Bonchev–Trinajstić information content (AvgIpc) is 3.61. The molecular weight excluding hydrogens is 458 g/mol. The number of benzene rings is 4. The van der Waals surface area contributed by atoms with Crippen LogP contribution in [0.15, 0.2) is 131 Å². The lowest BCUT2D eigenvalue weighted by Gasteiger charge is -2.20. The highest BCUT2D eigenvalue weighted by atomic mass is 16.5. The van der Waals surface area contributed by atoms with Crippen LogP contribution in [0.1, 0.15) is 46.5 Å². The Hall–Kier alpha value is -4.69. The number of nitrogens with zero attached hydrogens (tertiary/aromatic N) is 3. The average molecular weight is 484 g/mol. The molecule has 0 unspecified atom stereocenters. The van der Waals surface area contributed by atoms with Crippen molar-refractivity contribution in [3.8, 4) is 6.07 Å². The maximum Gasteiger partial charge on any atom is 0.212 e. The van der Waals surface area contributed by atoms with E-state index in [9.17, 15) is 5.26 Å². The monoisotopic (exact) mass is 483 g/mol. The summed E-state index contributed by atoms with van der Waals surface area (Å²) in [6.45, 7) is 0. The van der Waals surface area contributed by atoms with Crippen LogP contribution in [0.3, 0.4) is 0 Å². The lowest BCUT2D eigenvalue weighted by Crippen LogP contribution is -2.24. The largest absolute Gasteiger partial charge is 0.469 e. The third-order valence-electron chi connectivity index (χ3n) is 6.76. The van der Waals surface area contributed by atoms with E-state index in [1.807, 2.05) is 121 Å². The number of hydrogen-bond acceptors (Lipinski definition) is 5. The molecule has 4 atom stereocenters. The third kappa shape index (κ3) is 4.50. The molecule has 2 heterocycles. The Labute approximate surface area is 216 Å². The quantitative estimate of drug-likeness (QED) is 0.298. The summed E-state index contributed by atoms with van der Waals surface area (Å²) in [7, 11) is 0. The summed E-state index contributed by atoms with van der Waals surface area (Å²) < 4.78 is 12.9. The molecule has 2 aliphatic heterocycles. The molecule has 37 heavy (non-hydrogen) atoms. The lowest BCUT2D eigenvalue weighted by atomic mass is 9.97. The van der Waals surface area contributed by atoms with E-state index < -0.39 is 5.92 Å². The zero-order valence-electron chi connectivity index (χ0n) is 20.1. The van der Waals surface area contributed by atoms with Crippen molar-refractivity contribution < 1.29 is 9.47 Å². The molecule has 0 radical (unpaired) electrons. The highest BCUT2D eigenvalue weighted by Crippen LogP contribution is 2.44. The van der Waals surface area contributed by atoms with Gasteiger partial charge in [0.15, 0.2) is 18.1 Å². The van der Waals surface area contributed by atoms with E-state index in [1.54, 1.807) is 0 Å². The number of aliphatic imine (C=N–C) groups is 2. The van der Waals surface area contributed by atoms with Gasteiger partial charge in [-0.3, -0.25) is 0 Å². The van der Waals surface area contributed by atoms with Crippen LogP contribution in [-0.2, 0) is 9.47 Å². The first-order chi connectivity index (χ1) is 18.3. The van der Waals surface area contributed by atoms with Crippen molar-refractivity contribution in [3.63, 3.8) is 0 Å². The van der Waals surface area contributed by atoms with Crippen molar-refractivity contribution in [2.45, 2.75) is 24.3 Å². The highest BCUT2D eigenvalue weighted by molar-refractivity contribution is 6.04. The Morgan fingerprint density at radius 1 is 0.514 bits per heavy atom. The van der Waals surface area contributed by atoms with Gasteiger partial charge in [-0.05, 0) is 22.3 Å². The van der Waals surface area contributed by atoms with Gasteiger partial charge in [-0.2, -0.15) is 5.26 Å². The second-order valence-corrected chi connectivity index (χ2v) is 9.11. The Bertz CT molecular complexity index is 1340. The fourth-order valence-electron chi connectivity index (χ4n) is 4.95. The summed E-state index contributed by atoms with van der Waals surface area (Å²) in [6.07, 6.45) is -0.683. The molecular formula is C32H25N3O2. The van der Waals surface area contributed by atoms with E-state index in [-0.39, 0.29) is 24.3 Å². The summed E-state index contributed by atoms with van der Waals surface area (Å²) in [5.74, 6) is -0.172. The molecule has 0 saturated heterocycles. The number of rotatable bonds is 6. The molecule has 6 rings (SSSR count). The lowest BCUT2D eigenvalue weighted by molar-refractivity contribution is 0.177. The van der Waals surface area contributed by atoms with Gasteiger partial charge in [-0.1, -0.05) is 121 Å². The molecule has 0 bridgehead atoms. The molecule has 0 saturated carbocycles. The van der Waals surface area contributed by atoms with E-state index in [0.29, 0.717) is 11.8 Å². The van der Waals surface area contributed by atoms with Crippen molar-refractivity contribution in [3.05, 3.63) is 144 Å². The van der Waals surface area contributed by atoms with Gasteiger partial charge in [0.05, 0.1) is 6.07 Å². The van der Waals surface area contributed by atoms with Crippen molar-refractivity contribution >= 4 is 11.8 Å². The molecule has 5 heteroatoms. The summed E-state index contributed by atoms with van der Waals surface area (Å²) in [5, 5.41) is 10.3. The van der Waals surface area contributed by atoms with E-state index >= 15 is 0 Å². The molecule has 4 aromatic carbocycles. The summed E-state index contributed by atoms with van der Waals surface area (Å²) >= 11 is 0. The van der Waals surface area contributed by atoms with E-state index in [2.05, 4.69) is 6.07 Å². The molecule has 2 aliphatic rings. The molecule has 0 aromatic heterocycles. The number of nitriles is 1. The molecule has 0 fully saturated rings. The van der Waals surface area contributed by atoms with Crippen LogP contribution in [0, 0.1) is 17.2 Å². The van der Waals surface area contributed by atoms with Gasteiger partial charge in [-0.15, -0.1) is 0 Å². The van der Waals surface area contributed by atoms with Gasteiger partial charge in [0.25, 0.3) is 0 Å². The minimum Gasteiger partial charge on any atom is -0.469 e. The van der Waals surface area contributed by atoms with Crippen molar-refractivity contribution in [2.75, 3.05) is 0 Å². The summed E-state index contributed by atoms with van der Waals surface area (Å²) in [6, 6.07) is 41.9. The SMILES string of the molecule is N#CC(C1=N[C@H](c2ccccc2)[C@H](c2ccccc2)O1)C1=N[C@H](c2ccccc2)[C@H](c2ccccc2)O1. The summed E-state index contributed by atoms with van der Waals surface area (Å²) in [5.41, 5.74) is 4.07. The van der Waals surface area contributed by atoms with E-state index in [1.165, 1.54) is 0 Å². The fraction of sp³-hybridized carbons (Fsp3) is 0.156. The van der Waals surface area contributed by atoms with Gasteiger partial charge in [0, 0.05) is 0 Å². The molecule has 0 aliphatic carbocycles. The standard InChI is InChI=1S/C32H25N3O2/c33-21-26(31-34-27(22-13-5-1-6-14-22)29(36-31)24-17-9-3-10-18-24)32-35-28(23-15-7-2-8-16-23)30(37-32)25-19-11-4-12-20-25/h1-20,26-30H/t27-,28-,29+,30+/m1/s1. The second-order valence-electron chi connectivity index (χ2n) is 9.11. The van der Waals surface area contributed by atoms with Gasteiger partial charge < -0.3 is 9.47 Å². The molecule has 180 valence electrons. The smallest absolute Gasteiger partial charge is 0.212 e. The van der Waals surface area contributed by atoms with Crippen LogP contribution in [0.25, 0.3) is 0 Å². The van der Waals surface area contributed by atoms with Crippen LogP contribution >= 0.6 is 0 Å². The Balaban J connectivity index is 1.37. The van der Waals surface area contributed by atoms with E-state index in [4.69, 9.17) is 19.5 Å². The van der Waals surface area contributed by atoms with Crippen LogP contribution < -0.4 is 0 Å². The molecule has 0 N–H and O–H groups in total. The van der Waals surface area contributed by atoms with Crippen LogP contribution in [0.2, 0.25) is 0 Å². The van der Waals surface area contributed by atoms with Crippen LogP contribution in [-0.4, -0.2) is 11.8 Å². The number of ether oxygens (including phenoxy) is 2. The van der Waals surface area contributed by atoms with Crippen LogP contribution in [0.5, 0.6) is 0 Å². The Morgan fingerprint density at radius 3 is 1.16 bits per heavy atom. The predicted molar refractivity (Wildman–Crippen MR) is 143 cm³/mol. The minimum atomic E-state index is -0.847. The van der Waals surface area contributed by atoms with Crippen molar-refractivity contribution in [1.29, 1.82) is 5.26 Å². The molecule has 0 amide bonds. The summed E-state index contributed by atoms with van der Waals surface area (Å²) in [4.78, 5) is 9.88. The van der Waals surface area contributed by atoms with Crippen LogP contribution in [0.4, 0.5) is 0 Å². The van der Waals surface area contributed by atoms with Gasteiger partial charge in [-0.25, -0.2) is 9.98 Å². The second kappa shape index (κ2) is 10.1. The predicted octanol–water partition coefficient (Wildman–Crippen LogP) is 6.95. The van der Waals surface area contributed by atoms with Crippen molar-refractivity contribution in [1.82, 2.24) is 0 Å². The molecule has 5 nitrogen and oxygen atoms in total. The maximum absolute atomic E-state index is 10.3. The van der Waals surface area contributed by atoms with Gasteiger partial charge >= 0.3 is 0 Å². The first-order valence-corrected chi connectivity index (χ1v) is 12.4. The third-order valence-corrected chi connectivity index (χ3v) is 6.76. The molecule has 0 spiro atoms.